The van der Waals surface area contributed by atoms with Crippen molar-refractivity contribution in [2.45, 2.75) is 6.18 Å². The van der Waals surface area contributed by atoms with Crippen molar-refractivity contribution in [3.63, 3.8) is 0 Å². The third kappa shape index (κ3) is 1.92. The van der Waals surface area contributed by atoms with Gasteiger partial charge >= 0.3 is 6.18 Å². The molecule has 0 N–H and O–H groups in total. The Balaban J connectivity index is 2.55. The predicted octanol–water partition coefficient (Wildman–Crippen LogP) is 3.93. The van der Waals surface area contributed by atoms with Gasteiger partial charge in [0, 0.05) is 4.70 Å². The Morgan fingerprint density at radius 2 is 1.93 bits per heavy atom. The predicted molar refractivity (Wildman–Crippen MR) is 53.4 cm³/mol. The zero-order valence-electron chi connectivity index (χ0n) is 7.76. The first-order chi connectivity index (χ1) is 7.00. The molecular weight excluding hydrogens is 225 g/mol. The first-order valence-electron chi connectivity index (χ1n) is 4.15. The van der Waals surface area contributed by atoms with Crippen molar-refractivity contribution in [2.75, 3.05) is 7.11 Å². The molecule has 0 saturated heterocycles. The zero-order valence-corrected chi connectivity index (χ0v) is 8.58. The van der Waals surface area contributed by atoms with E-state index >= 15 is 0 Å². The van der Waals surface area contributed by atoms with Gasteiger partial charge < -0.3 is 4.74 Å². The normalized spacial score (nSPS) is 12.0. The number of ether oxygens (including phenoxy) is 1. The molecule has 0 unspecified atom stereocenters. The van der Waals surface area contributed by atoms with Gasteiger partial charge in [-0.2, -0.15) is 13.2 Å². The molecular formula is C10H7F3OS. The van der Waals surface area contributed by atoms with Crippen LogP contribution < -0.4 is 4.74 Å². The Kier molecular flexibility index (Phi) is 2.34. The average Bonchev–Trinajstić information content (AvgIpc) is 2.57. The minimum Gasteiger partial charge on any atom is -0.487 e. The van der Waals surface area contributed by atoms with Gasteiger partial charge in [0.05, 0.1) is 12.7 Å². The number of benzene rings is 1. The highest BCUT2D eigenvalue weighted by Crippen LogP contribution is 2.36. The lowest BCUT2D eigenvalue weighted by atomic mass is 10.2. The standard InChI is InChI=1S/C10H7F3OS/c1-14-9-4-6-2-3-7(10(11,12)13)5-8(6)15-9/h2-5H,1H3. The van der Waals surface area contributed by atoms with Crippen molar-refractivity contribution in [1.82, 2.24) is 0 Å². The largest absolute Gasteiger partial charge is 0.487 e. The average molecular weight is 232 g/mol. The van der Waals surface area contributed by atoms with E-state index in [4.69, 9.17) is 4.74 Å². The molecule has 0 saturated carbocycles. The van der Waals surface area contributed by atoms with Crippen LogP contribution in [0.4, 0.5) is 13.2 Å². The molecule has 0 bridgehead atoms. The summed E-state index contributed by atoms with van der Waals surface area (Å²) in [5, 5.41) is 1.38. The molecule has 0 aliphatic heterocycles. The van der Waals surface area contributed by atoms with Crippen LogP contribution in [0.25, 0.3) is 10.1 Å². The van der Waals surface area contributed by atoms with E-state index in [1.165, 1.54) is 24.5 Å². The highest BCUT2D eigenvalue weighted by Gasteiger charge is 2.30. The number of rotatable bonds is 1. The Morgan fingerprint density at radius 1 is 1.20 bits per heavy atom. The van der Waals surface area contributed by atoms with Crippen LogP contribution in [0, 0.1) is 0 Å². The minimum absolute atomic E-state index is 0.585. The van der Waals surface area contributed by atoms with Crippen LogP contribution in [0.5, 0.6) is 5.06 Å². The minimum atomic E-state index is -4.29. The van der Waals surface area contributed by atoms with Crippen molar-refractivity contribution in [3.8, 4) is 5.06 Å². The maximum absolute atomic E-state index is 12.4. The smallest absolute Gasteiger partial charge is 0.416 e. The maximum Gasteiger partial charge on any atom is 0.416 e. The first-order valence-corrected chi connectivity index (χ1v) is 4.97. The first kappa shape index (κ1) is 10.3. The van der Waals surface area contributed by atoms with Gasteiger partial charge in [-0.25, -0.2) is 0 Å². The molecule has 5 heteroatoms. The summed E-state index contributed by atoms with van der Waals surface area (Å²) in [4.78, 5) is 0. The molecule has 15 heavy (non-hydrogen) atoms. The summed E-state index contributed by atoms with van der Waals surface area (Å²) in [6.07, 6.45) is -4.29. The van der Waals surface area contributed by atoms with Gasteiger partial charge in [0.15, 0.2) is 5.06 Å². The summed E-state index contributed by atoms with van der Waals surface area (Å²) in [5.41, 5.74) is -0.625. The highest BCUT2D eigenvalue weighted by molar-refractivity contribution is 7.20. The van der Waals surface area contributed by atoms with Gasteiger partial charge in [0.25, 0.3) is 0 Å². The van der Waals surface area contributed by atoms with E-state index in [1.54, 1.807) is 6.07 Å². The second kappa shape index (κ2) is 3.41. The topological polar surface area (TPSA) is 9.23 Å². The van der Waals surface area contributed by atoms with Crippen LogP contribution in [-0.4, -0.2) is 7.11 Å². The molecule has 0 spiro atoms. The van der Waals surface area contributed by atoms with E-state index in [0.717, 1.165) is 17.5 Å². The van der Waals surface area contributed by atoms with Gasteiger partial charge in [0.1, 0.15) is 0 Å². The molecule has 0 fully saturated rings. The molecule has 0 aliphatic carbocycles. The lowest BCUT2D eigenvalue weighted by Gasteiger charge is -2.05. The van der Waals surface area contributed by atoms with E-state index < -0.39 is 11.7 Å². The Hall–Kier alpha value is -1.23. The number of thiophene rings is 1. The summed E-state index contributed by atoms with van der Waals surface area (Å²) in [6, 6.07) is 5.40. The summed E-state index contributed by atoms with van der Waals surface area (Å²) < 4.78 is 42.7. The van der Waals surface area contributed by atoms with E-state index in [1.807, 2.05) is 0 Å². The van der Waals surface area contributed by atoms with E-state index in [-0.39, 0.29) is 0 Å². The molecule has 2 aromatic rings. The molecule has 0 atom stereocenters. The lowest BCUT2D eigenvalue weighted by Crippen LogP contribution is -2.03. The molecule has 1 heterocycles. The van der Waals surface area contributed by atoms with Gasteiger partial charge in [-0.3, -0.25) is 0 Å². The van der Waals surface area contributed by atoms with Crippen molar-refractivity contribution >= 4 is 21.4 Å². The molecule has 1 nitrogen and oxygen atoms in total. The van der Waals surface area contributed by atoms with Crippen LogP contribution in [-0.2, 0) is 6.18 Å². The summed E-state index contributed by atoms with van der Waals surface area (Å²) in [6.45, 7) is 0. The molecule has 2 rings (SSSR count). The van der Waals surface area contributed by atoms with Crippen molar-refractivity contribution in [1.29, 1.82) is 0 Å². The molecule has 0 radical (unpaired) electrons. The SMILES string of the molecule is COc1cc2ccc(C(F)(F)F)cc2s1. The summed E-state index contributed by atoms with van der Waals surface area (Å²) in [5.74, 6) is 0. The fourth-order valence-corrected chi connectivity index (χ4v) is 2.20. The molecule has 1 aromatic heterocycles. The number of methoxy groups -OCH3 is 1. The number of hydrogen-bond donors (Lipinski definition) is 0. The second-order valence-corrected chi connectivity index (χ2v) is 4.07. The monoisotopic (exact) mass is 232 g/mol. The van der Waals surface area contributed by atoms with Crippen molar-refractivity contribution in [3.05, 3.63) is 29.8 Å². The third-order valence-corrected chi connectivity index (χ3v) is 3.09. The molecule has 1 aromatic carbocycles. The van der Waals surface area contributed by atoms with Crippen LogP contribution >= 0.6 is 11.3 Å². The number of hydrogen-bond acceptors (Lipinski definition) is 2. The number of halogens is 3. The highest BCUT2D eigenvalue weighted by atomic mass is 32.1. The van der Waals surface area contributed by atoms with E-state index in [0.29, 0.717) is 9.76 Å². The van der Waals surface area contributed by atoms with E-state index in [2.05, 4.69) is 0 Å². The Labute approximate surface area is 88.1 Å². The van der Waals surface area contributed by atoms with Gasteiger partial charge in [-0.15, -0.1) is 0 Å². The van der Waals surface area contributed by atoms with Crippen LogP contribution in [0.3, 0.4) is 0 Å². The van der Waals surface area contributed by atoms with Crippen molar-refractivity contribution in [2.24, 2.45) is 0 Å². The zero-order chi connectivity index (χ0) is 11.1. The fourth-order valence-electron chi connectivity index (χ4n) is 1.28. The maximum atomic E-state index is 12.4. The molecule has 0 aliphatic rings. The Morgan fingerprint density at radius 3 is 2.53 bits per heavy atom. The van der Waals surface area contributed by atoms with E-state index in [9.17, 15) is 13.2 Å². The molecule has 80 valence electrons. The van der Waals surface area contributed by atoms with Crippen molar-refractivity contribution < 1.29 is 17.9 Å². The summed E-state index contributed by atoms with van der Waals surface area (Å²) in [7, 11) is 1.50. The van der Waals surface area contributed by atoms with Gasteiger partial charge in [-0.05, 0) is 23.6 Å². The Bertz CT molecular complexity index is 487. The van der Waals surface area contributed by atoms with Gasteiger partial charge in [0.2, 0.25) is 0 Å². The van der Waals surface area contributed by atoms with Crippen LogP contribution in [0.15, 0.2) is 24.3 Å². The third-order valence-electron chi connectivity index (χ3n) is 2.03. The van der Waals surface area contributed by atoms with Crippen LogP contribution in [0.1, 0.15) is 5.56 Å². The second-order valence-electron chi connectivity index (χ2n) is 3.02. The van der Waals surface area contributed by atoms with Crippen LogP contribution in [0.2, 0.25) is 0 Å². The number of alkyl halides is 3. The number of fused-ring (bicyclic) bond motifs is 1. The summed E-state index contributed by atoms with van der Waals surface area (Å²) >= 11 is 1.21. The van der Waals surface area contributed by atoms with Gasteiger partial charge in [-0.1, -0.05) is 17.4 Å². The quantitative estimate of drug-likeness (QED) is 0.723. The lowest BCUT2D eigenvalue weighted by molar-refractivity contribution is -0.137. The fraction of sp³-hybridized carbons (Fsp3) is 0.200. The molecule has 0 amide bonds.